The Morgan fingerprint density at radius 3 is 2.45 bits per heavy atom. The lowest BCUT2D eigenvalue weighted by Crippen LogP contribution is -2.15. The second kappa shape index (κ2) is 5.80. The lowest BCUT2D eigenvalue weighted by atomic mass is 10.2. The van der Waals surface area contributed by atoms with Crippen LogP contribution in [-0.4, -0.2) is 20.4 Å². The molecule has 0 radical (unpaired) electrons. The molecule has 7 heteroatoms. The number of pyridine rings is 1. The molecule has 20 heavy (non-hydrogen) atoms. The third-order valence-electron chi connectivity index (χ3n) is 2.65. The molecule has 0 atom stereocenters. The van der Waals surface area contributed by atoms with Gasteiger partial charge in [-0.2, -0.15) is 0 Å². The van der Waals surface area contributed by atoms with Crippen molar-refractivity contribution in [3.05, 3.63) is 46.6 Å². The zero-order chi connectivity index (χ0) is 14.8. The summed E-state index contributed by atoms with van der Waals surface area (Å²) in [7, 11) is -2.07. The van der Waals surface area contributed by atoms with Crippen LogP contribution < -0.4 is 10.0 Å². The van der Waals surface area contributed by atoms with Crippen LogP contribution in [0.3, 0.4) is 0 Å². The minimum Gasteiger partial charge on any atom is -0.372 e. The predicted molar refractivity (Wildman–Crippen MR) is 83.5 cm³/mol. The van der Waals surface area contributed by atoms with Crippen molar-refractivity contribution in [2.75, 3.05) is 17.1 Å². The molecule has 0 aliphatic carbocycles. The van der Waals surface area contributed by atoms with Crippen LogP contribution in [0.15, 0.2) is 45.9 Å². The van der Waals surface area contributed by atoms with Gasteiger partial charge in [0.15, 0.2) is 0 Å². The fourth-order valence-corrected chi connectivity index (χ4v) is 3.38. The highest BCUT2D eigenvalue weighted by atomic mass is 79.9. The number of nitrogens with one attached hydrogen (secondary N) is 2. The maximum absolute atomic E-state index is 12.4. The third kappa shape index (κ3) is 3.29. The Morgan fingerprint density at radius 1 is 1.20 bits per heavy atom. The van der Waals surface area contributed by atoms with Crippen LogP contribution in [0.2, 0.25) is 0 Å². The van der Waals surface area contributed by atoms with Gasteiger partial charge in [0, 0.05) is 23.4 Å². The van der Waals surface area contributed by atoms with E-state index in [9.17, 15) is 8.42 Å². The van der Waals surface area contributed by atoms with Gasteiger partial charge < -0.3 is 5.32 Å². The van der Waals surface area contributed by atoms with Gasteiger partial charge in [-0.3, -0.25) is 4.72 Å². The molecule has 0 amide bonds. The van der Waals surface area contributed by atoms with Crippen LogP contribution in [-0.2, 0) is 10.0 Å². The number of nitrogens with zero attached hydrogens (tertiary/aromatic N) is 1. The molecule has 0 aliphatic heterocycles. The molecule has 0 fully saturated rings. The predicted octanol–water partition coefficient (Wildman–Crippen LogP) is 3.00. The highest BCUT2D eigenvalue weighted by molar-refractivity contribution is 9.10. The smallest absolute Gasteiger partial charge is 0.265 e. The molecule has 2 rings (SSSR count). The summed E-state index contributed by atoms with van der Waals surface area (Å²) in [5, 5.41) is 2.77. The molecule has 1 heterocycles. The maximum Gasteiger partial charge on any atom is 0.265 e. The number of halogens is 1. The number of aryl methyl sites for hydroxylation is 1. The quantitative estimate of drug-likeness (QED) is 0.884. The number of benzene rings is 1. The van der Waals surface area contributed by atoms with Gasteiger partial charge in [0.25, 0.3) is 10.0 Å². The van der Waals surface area contributed by atoms with E-state index in [0.717, 1.165) is 5.56 Å². The molecular formula is C13H14BrN3O2S. The maximum atomic E-state index is 12.4. The molecule has 5 nitrogen and oxygen atoms in total. The van der Waals surface area contributed by atoms with Crippen molar-refractivity contribution in [1.82, 2.24) is 4.98 Å². The lowest BCUT2D eigenvalue weighted by Gasteiger charge is -2.11. The van der Waals surface area contributed by atoms with Gasteiger partial charge in [0.2, 0.25) is 0 Å². The van der Waals surface area contributed by atoms with Crippen LogP contribution in [0, 0.1) is 6.92 Å². The molecule has 0 saturated heterocycles. The molecular weight excluding hydrogens is 342 g/mol. The topological polar surface area (TPSA) is 71.1 Å². The molecule has 2 N–H and O–H groups in total. The summed E-state index contributed by atoms with van der Waals surface area (Å²) >= 11 is 3.23. The van der Waals surface area contributed by atoms with E-state index in [4.69, 9.17) is 0 Å². The summed E-state index contributed by atoms with van der Waals surface area (Å²) in [5.41, 5.74) is 1.57. The summed E-state index contributed by atoms with van der Waals surface area (Å²) < 4.78 is 27.9. The van der Waals surface area contributed by atoms with E-state index < -0.39 is 10.0 Å². The molecule has 0 spiro atoms. The van der Waals surface area contributed by atoms with E-state index in [1.807, 2.05) is 19.1 Å². The molecule has 2 aromatic rings. The van der Waals surface area contributed by atoms with Crippen molar-refractivity contribution in [1.29, 1.82) is 0 Å². The second-order valence-electron chi connectivity index (χ2n) is 4.22. The first-order valence-corrected chi connectivity index (χ1v) is 8.13. The minimum atomic E-state index is -3.70. The third-order valence-corrected chi connectivity index (χ3v) is 4.48. The van der Waals surface area contributed by atoms with Gasteiger partial charge in [-0.1, -0.05) is 17.7 Å². The summed E-state index contributed by atoms with van der Waals surface area (Å²) in [5.74, 6) is 0.299. The van der Waals surface area contributed by atoms with E-state index in [2.05, 4.69) is 31.0 Å². The van der Waals surface area contributed by atoms with Gasteiger partial charge in [-0.15, -0.1) is 0 Å². The Balaban J connectivity index is 2.40. The molecule has 0 saturated carbocycles. The van der Waals surface area contributed by atoms with Crippen molar-refractivity contribution >= 4 is 37.5 Å². The van der Waals surface area contributed by atoms with Crippen LogP contribution in [0.1, 0.15) is 5.56 Å². The van der Waals surface area contributed by atoms with Gasteiger partial charge in [-0.05, 0) is 41.1 Å². The Labute approximate surface area is 126 Å². The normalized spacial score (nSPS) is 11.2. The van der Waals surface area contributed by atoms with Crippen LogP contribution in [0.4, 0.5) is 11.5 Å². The molecule has 0 aliphatic rings. The number of rotatable bonds is 4. The van der Waals surface area contributed by atoms with Crippen molar-refractivity contribution in [3.63, 3.8) is 0 Å². The number of hydrogen-bond acceptors (Lipinski definition) is 4. The number of anilines is 2. The van der Waals surface area contributed by atoms with Gasteiger partial charge in [-0.25, -0.2) is 13.4 Å². The summed E-state index contributed by atoms with van der Waals surface area (Å²) in [6, 6.07) is 8.63. The molecule has 0 unspecified atom stereocenters. The standard InChI is InChI=1S/C13H14BrN3O2S/c1-9-3-5-11(6-4-9)17-20(18,19)12-7-10(14)8-16-13(12)15-2/h3-8,17H,1-2H3,(H,15,16). The van der Waals surface area contributed by atoms with Crippen LogP contribution in [0.25, 0.3) is 0 Å². The molecule has 106 valence electrons. The lowest BCUT2D eigenvalue weighted by molar-refractivity contribution is 0.601. The highest BCUT2D eigenvalue weighted by Gasteiger charge is 2.19. The minimum absolute atomic E-state index is 0.0925. The van der Waals surface area contributed by atoms with Crippen LogP contribution in [0.5, 0.6) is 0 Å². The zero-order valence-corrected chi connectivity index (χ0v) is 13.4. The van der Waals surface area contributed by atoms with Crippen molar-refractivity contribution in [3.8, 4) is 0 Å². The number of hydrogen-bond donors (Lipinski definition) is 2. The first-order chi connectivity index (χ1) is 9.42. The average Bonchev–Trinajstić information content (AvgIpc) is 2.41. The highest BCUT2D eigenvalue weighted by Crippen LogP contribution is 2.24. The first kappa shape index (κ1) is 14.8. The van der Waals surface area contributed by atoms with Crippen molar-refractivity contribution in [2.24, 2.45) is 0 Å². The molecule has 1 aromatic carbocycles. The summed E-state index contributed by atoms with van der Waals surface area (Å²) in [4.78, 5) is 4.13. The molecule has 1 aromatic heterocycles. The summed E-state index contributed by atoms with van der Waals surface area (Å²) in [6.07, 6.45) is 1.54. The molecule has 0 bridgehead atoms. The van der Waals surface area contributed by atoms with Gasteiger partial charge >= 0.3 is 0 Å². The Bertz CT molecular complexity index is 715. The zero-order valence-electron chi connectivity index (χ0n) is 11.0. The van der Waals surface area contributed by atoms with Crippen LogP contribution >= 0.6 is 15.9 Å². The fraction of sp³-hybridized carbons (Fsp3) is 0.154. The van der Waals surface area contributed by atoms with Crippen molar-refractivity contribution < 1.29 is 8.42 Å². The van der Waals surface area contributed by atoms with E-state index >= 15 is 0 Å². The second-order valence-corrected chi connectivity index (χ2v) is 6.79. The van der Waals surface area contributed by atoms with E-state index in [1.54, 1.807) is 19.2 Å². The van der Waals surface area contributed by atoms with E-state index in [1.165, 1.54) is 12.3 Å². The Kier molecular flexibility index (Phi) is 4.29. The van der Waals surface area contributed by atoms with Crippen molar-refractivity contribution in [2.45, 2.75) is 11.8 Å². The largest absolute Gasteiger partial charge is 0.372 e. The monoisotopic (exact) mass is 355 g/mol. The number of aromatic nitrogens is 1. The number of sulfonamides is 1. The van der Waals surface area contributed by atoms with E-state index in [0.29, 0.717) is 16.0 Å². The van der Waals surface area contributed by atoms with E-state index in [-0.39, 0.29) is 4.90 Å². The average molecular weight is 356 g/mol. The fourth-order valence-electron chi connectivity index (χ4n) is 1.65. The van der Waals surface area contributed by atoms with Gasteiger partial charge in [0.1, 0.15) is 10.7 Å². The Hall–Kier alpha value is -1.60. The van der Waals surface area contributed by atoms with Gasteiger partial charge in [0.05, 0.1) is 0 Å². The summed E-state index contributed by atoms with van der Waals surface area (Å²) in [6.45, 7) is 1.94. The SMILES string of the molecule is CNc1ncc(Br)cc1S(=O)(=O)Nc1ccc(C)cc1. The Morgan fingerprint density at radius 2 is 1.85 bits per heavy atom. The first-order valence-electron chi connectivity index (χ1n) is 5.85.